The molecule has 3 aromatic heterocycles. The van der Waals surface area contributed by atoms with Crippen molar-refractivity contribution in [2.75, 3.05) is 6.61 Å². The fourth-order valence-corrected chi connectivity index (χ4v) is 3.25. The second kappa shape index (κ2) is 6.88. The van der Waals surface area contributed by atoms with Gasteiger partial charge in [-0.1, -0.05) is 6.07 Å². The molecule has 0 aliphatic carbocycles. The highest BCUT2D eigenvalue weighted by atomic mass is 32.1. The number of carbonyl (C=O) groups excluding carboxylic acids is 2. The number of aromatic nitrogens is 1. The van der Waals surface area contributed by atoms with Crippen molar-refractivity contribution < 1.29 is 18.7 Å². The Hall–Kier alpha value is -2.60. The smallest absolute Gasteiger partial charge is 0.374 e. The van der Waals surface area contributed by atoms with Crippen molar-refractivity contribution in [1.82, 2.24) is 4.57 Å². The molecule has 0 aliphatic rings. The van der Waals surface area contributed by atoms with Crippen LogP contribution >= 0.6 is 11.3 Å². The van der Waals surface area contributed by atoms with E-state index in [1.165, 1.54) is 17.2 Å². The number of carbonyl (C=O) groups is 2. The SMILES string of the molecule is Cc1cc(C(=O)COC(=O)c2ccco2)c(C)n1Cc1cccs1. The van der Waals surface area contributed by atoms with Gasteiger partial charge in [0.1, 0.15) is 0 Å². The summed E-state index contributed by atoms with van der Waals surface area (Å²) in [6, 6.07) is 9.01. The van der Waals surface area contributed by atoms with Crippen molar-refractivity contribution in [3.8, 4) is 0 Å². The first-order valence-corrected chi connectivity index (χ1v) is 8.37. The third-order valence-corrected chi connectivity index (χ3v) is 4.69. The molecule has 6 heteroatoms. The molecule has 0 bridgehead atoms. The normalized spacial score (nSPS) is 10.8. The third-order valence-electron chi connectivity index (χ3n) is 3.82. The van der Waals surface area contributed by atoms with Crippen molar-refractivity contribution in [1.29, 1.82) is 0 Å². The molecule has 3 aromatic rings. The first-order valence-electron chi connectivity index (χ1n) is 7.49. The molecule has 0 N–H and O–H groups in total. The first kappa shape index (κ1) is 16.3. The van der Waals surface area contributed by atoms with Crippen LogP contribution in [0.25, 0.3) is 0 Å². The van der Waals surface area contributed by atoms with Crippen LogP contribution in [0.4, 0.5) is 0 Å². The van der Waals surface area contributed by atoms with Gasteiger partial charge in [0, 0.05) is 21.8 Å². The van der Waals surface area contributed by atoms with E-state index in [4.69, 9.17) is 9.15 Å². The van der Waals surface area contributed by atoms with Crippen molar-refractivity contribution in [2.24, 2.45) is 0 Å². The number of rotatable bonds is 6. The monoisotopic (exact) mass is 343 g/mol. The topological polar surface area (TPSA) is 61.4 Å². The number of Topliss-reactive ketones (excluding diaryl/α,β-unsaturated/α-hetero) is 1. The average molecular weight is 343 g/mol. The van der Waals surface area contributed by atoms with Crippen molar-refractivity contribution >= 4 is 23.1 Å². The zero-order valence-electron chi connectivity index (χ0n) is 13.4. The summed E-state index contributed by atoms with van der Waals surface area (Å²) in [4.78, 5) is 25.3. The zero-order valence-corrected chi connectivity index (χ0v) is 14.3. The highest BCUT2D eigenvalue weighted by molar-refractivity contribution is 7.09. The third kappa shape index (κ3) is 3.33. The predicted octanol–water partition coefficient (Wildman–Crippen LogP) is 3.85. The standard InChI is InChI=1S/C18H17NO4S/c1-12-9-15(13(2)19(12)10-14-5-4-8-24-14)16(20)11-23-18(21)17-6-3-7-22-17/h3-9H,10-11H2,1-2H3. The van der Waals surface area contributed by atoms with E-state index in [0.29, 0.717) is 5.56 Å². The molecular formula is C18H17NO4S. The fourth-order valence-electron chi connectivity index (χ4n) is 2.56. The number of ketones is 1. The maximum absolute atomic E-state index is 12.4. The van der Waals surface area contributed by atoms with Crippen LogP contribution in [0.5, 0.6) is 0 Å². The average Bonchev–Trinajstić information content (AvgIpc) is 3.30. The van der Waals surface area contributed by atoms with E-state index in [2.05, 4.69) is 10.6 Å². The number of hydrogen-bond acceptors (Lipinski definition) is 5. The van der Waals surface area contributed by atoms with Gasteiger partial charge in [-0.15, -0.1) is 11.3 Å². The fraction of sp³-hybridized carbons (Fsp3) is 0.222. The number of hydrogen-bond donors (Lipinski definition) is 0. The summed E-state index contributed by atoms with van der Waals surface area (Å²) in [5.41, 5.74) is 2.46. The summed E-state index contributed by atoms with van der Waals surface area (Å²) in [6.07, 6.45) is 1.39. The highest BCUT2D eigenvalue weighted by Gasteiger charge is 2.19. The number of aryl methyl sites for hydroxylation is 1. The molecule has 0 amide bonds. The van der Waals surface area contributed by atoms with Crippen molar-refractivity contribution in [3.05, 3.63) is 69.6 Å². The second-order valence-electron chi connectivity index (χ2n) is 5.43. The number of ether oxygens (including phenoxy) is 1. The van der Waals surface area contributed by atoms with Gasteiger partial charge in [-0.25, -0.2) is 4.79 Å². The molecular weight excluding hydrogens is 326 g/mol. The lowest BCUT2D eigenvalue weighted by atomic mass is 10.1. The maximum atomic E-state index is 12.4. The Kier molecular flexibility index (Phi) is 4.66. The molecule has 0 saturated carbocycles. The van der Waals surface area contributed by atoms with Crippen LogP contribution in [0.2, 0.25) is 0 Å². The van der Waals surface area contributed by atoms with Gasteiger partial charge in [0.05, 0.1) is 12.8 Å². The molecule has 0 atom stereocenters. The van der Waals surface area contributed by atoms with Gasteiger partial charge in [-0.2, -0.15) is 0 Å². The molecule has 0 aromatic carbocycles. The molecule has 3 heterocycles. The molecule has 5 nitrogen and oxygen atoms in total. The molecule has 0 fully saturated rings. The minimum Gasteiger partial charge on any atom is -0.457 e. The van der Waals surface area contributed by atoms with Crippen LogP contribution in [0.1, 0.15) is 37.2 Å². The van der Waals surface area contributed by atoms with Gasteiger partial charge in [-0.05, 0) is 43.5 Å². The molecule has 3 rings (SSSR count). The van der Waals surface area contributed by atoms with Crippen LogP contribution < -0.4 is 0 Å². The molecule has 0 unspecified atom stereocenters. The highest BCUT2D eigenvalue weighted by Crippen LogP contribution is 2.20. The molecule has 0 aliphatic heterocycles. The molecule has 0 spiro atoms. The van der Waals surface area contributed by atoms with Crippen LogP contribution in [-0.2, 0) is 11.3 Å². The Balaban J connectivity index is 1.70. The van der Waals surface area contributed by atoms with Crippen LogP contribution in [0.3, 0.4) is 0 Å². The Morgan fingerprint density at radius 2 is 2.08 bits per heavy atom. The summed E-state index contributed by atoms with van der Waals surface area (Å²) in [6.45, 7) is 4.30. The van der Waals surface area contributed by atoms with E-state index in [0.717, 1.165) is 17.9 Å². The van der Waals surface area contributed by atoms with Gasteiger partial charge in [0.25, 0.3) is 0 Å². The zero-order chi connectivity index (χ0) is 17.1. The maximum Gasteiger partial charge on any atom is 0.374 e. The van der Waals surface area contributed by atoms with Crippen LogP contribution in [0.15, 0.2) is 46.4 Å². The molecule has 0 saturated heterocycles. The van der Waals surface area contributed by atoms with E-state index < -0.39 is 5.97 Å². The summed E-state index contributed by atoms with van der Waals surface area (Å²) in [7, 11) is 0. The Morgan fingerprint density at radius 1 is 1.25 bits per heavy atom. The summed E-state index contributed by atoms with van der Waals surface area (Å²) in [5, 5.41) is 2.03. The molecule has 124 valence electrons. The number of esters is 1. The largest absolute Gasteiger partial charge is 0.457 e. The van der Waals surface area contributed by atoms with Gasteiger partial charge < -0.3 is 13.7 Å². The second-order valence-corrected chi connectivity index (χ2v) is 6.46. The van der Waals surface area contributed by atoms with E-state index in [1.807, 2.05) is 31.4 Å². The number of furan rings is 1. The minimum atomic E-state index is -0.638. The van der Waals surface area contributed by atoms with Crippen molar-refractivity contribution in [2.45, 2.75) is 20.4 Å². The number of nitrogens with zero attached hydrogens (tertiary/aromatic N) is 1. The Morgan fingerprint density at radius 3 is 2.75 bits per heavy atom. The quantitative estimate of drug-likeness (QED) is 0.504. The lowest BCUT2D eigenvalue weighted by molar-refractivity contribution is 0.0444. The van der Waals surface area contributed by atoms with E-state index in [9.17, 15) is 9.59 Å². The van der Waals surface area contributed by atoms with Gasteiger partial charge in [-0.3, -0.25) is 4.79 Å². The molecule has 0 radical (unpaired) electrons. The Labute approximate surface area is 143 Å². The summed E-state index contributed by atoms with van der Waals surface area (Å²) in [5.74, 6) is -0.771. The van der Waals surface area contributed by atoms with Crippen molar-refractivity contribution in [3.63, 3.8) is 0 Å². The van der Waals surface area contributed by atoms with E-state index in [-0.39, 0.29) is 18.2 Å². The summed E-state index contributed by atoms with van der Waals surface area (Å²) >= 11 is 1.68. The minimum absolute atomic E-state index is 0.0889. The lowest BCUT2D eigenvalue weighted by Crippen LogP contribution is -2.14. The van der Waals surface area contributed by atoms with E-state index in [1.54, 1.807) is 17.4 Å². The summed E-state index contributed by atoms with van der Waals surface area (Å²) < 4.78 is 12.1. The van der Waals surface area contributed by atoms with Crippen LogP contribution in [-0.4, -0.2) is 22.9 Å². The lowest BCUT2D eigenvalue weighted by Gasteiger charge is -2.08. The van der Waals surface area contributed by atoms with Gasteiger partial charge >= 0.3 is 5.97 Å². The number of thiophene rings is 1. The first-order chi connectivity index (χ1) is 11.6. The van der Waals surface area contributed by atoms with Gasteiger partial charge in [0.15, 0.2) is 6.61 Å². The van der Waals surface area contributed by atoms with Crippen LogP contribution in [0, 0.1) is 13.8 Å². The Bertz CT molecular complexity index is 844. The van der Waals surface area contributed by atoms with Gasteiger partial charge in [0.2, 0.25) is 11.5 Å². The molecule has 24 heavy (non-hydrogen) atoms. The predicted molar refractivity (Wildman–Crippen MR) is 90.6 cm³/mol. The van der Waals surface area contributed by atoms with E-state index >= 15 is 0 Å².